The van der Waals surface area contributed by atoms with Gasteiger partial charge in [-0.15, -0.1) is 0 Å². The first kappa shape index (κ1) is 94.0. The van der Waals surface area contributed by atoms with Crippen LogP contribution >= 0.6 is 11.8 Å². The molecule has 10 aromatic rings. The third kappa shape index (κ3) is 35.6. The van der Waals surface area contributed by atoms with Gasteiger partial charge in [0.25, 0.3) is 5.52 Å². The summed E-state index contributed by atoms with van der Waals surface area (Å²) in [7, 11) is 3.09. The van der Waals surface area contributed by atoms with Crippen molar-refractivity contribution in [3.8, 4) is 11.5 Å². The summed E-state index contributed by atoms with van der Waals surface area (Å²) in [5, 5.41) is 0. The summed E-state index contributed by atoms with van der Waals surface area (Å²) in [5.74, 6) is 3.74. The van der Waals surface area contributed by atoms with Gasteiger partial charge < -0.3 is 9.57 Å². The molecule has 4 aromatic carbocycles. The van der Waals surface area contributed by atoms with Gasteiger partial charge in [-0.25, -0.2) is 4.98 Å². The molecule has 0 spiro atoms. The zero-order valence-corrected chi connectivity index (χ0v) is 72.0. The predicted molar refractivity (Wildman–Crippen MR) is 452 cm³/mol. The molecule has 0 amide bonds. The average Bonchev–Trinajstić information content (AvgIpc) is 0.843. The Bertz CT molecular complexity index is 4260. The number of ketones is 2. The molecule has 0 aliphatic carbocycles. The predicted octanol–water partition coefficient (Wildman–Crippen LogP) is 16.9. The van der Waals surface area contributed by atoms with Crippen molar-refractivity contribution in [1.82, 2.24) is 9.97 Å². The molecular weight excluding hydrogens is 1450 g/mol. The number of unbranched alkanes of at least 4 members (excludes halogenated alkanes) is 4. The van der Waals surface area contributed by atoms with Crippen LogP contribution in [-0.4, -0.2) is 85.8 Å². The van der Waals surface area contributed by atoms with Crippen molar-refractivity contribution in [2.45, 2.75) is 215 Å². The molecule has 1 aliphatic rings. The summed E-state index contributed by atoms with van der Waals surface area (Å²) in [6.45, 7) is 37.1. The molecule has 114 heavy (non-hydrogen) atoms. The molecule has 0 fully saturated rings. The summed E-state index contributed by atoms with van der Waals surface area (Å²) in [6.07, 6.45) is 34.3. The molecule has 11 rings (SSSR count). The maximum Gasteiger partial charge on any atom is 0.324 e. The molecule has 1 atom stereocenters. The second kappa shape index (κ2) is 54.2. The van der Waals surface area contributed by atoms with Crippen LogP contribution in [0.4, 0.5) is 0 Å². The molecule has 0 radical (unpaired) electrons. The minimum atomic E-state index is -0.128. The molecule has 0 saturated heterocycles. The van der Waals surface area contributed by atoms with E-state index in [4.69, 9.17) is 38.6 Å². The van der Waals surface area contributed by atoms with Crippen LogP contribution in [0.5, 0.6) is 11.5 Å². The quantitative estimate of drug-likeness (QED) is 0.0213. The number of hydroxylamine groups is 1. The number of nitrogens with zero attached hydrogens (tertiary/aromatic N) is 9. The van der Waals surface area contributed by atoms with E-state index in [0.29, 0.717) is 48.3 Å². The molecule has 0 bridgehead atoms. The minimum Gasteiger partial charge on any atom is -0.457 e. The maximum absolute atomic E-state index is 11.6. The van der Waals surface area contributed by atoms with Crippen LogP contribution in [-0.2, 0) is 11.3 Å². The number of hydrogen-bond donors (Lipinski definition) is 0. The highest BCUT2D eigenvalue weighted by molar-refractivity contribution is 7.99. The Morgan fingerprint density at radius 3 is 1.60 bits per heavy atom. The second-order valence-electron chi connectivity index (χ2n) is 28.7. The van der Waals surface area contributed by atoms with Crippen LogP contribution in [0, 0.1) is 5.92 Å². The molecule has 7 heterocycles. The maximum atomic E-state index is 11.6. The third-order valence-corrected chi connectivity index (χ3v) is 18.6. The minimum absolute atomic E-state index is 0.128. The van der Waals surface area contributed by atoms with E-state index in [0.717, 1.165) is 67.1 Å². The Labute approximate surface area is 684 Å². The van der Waals surface area contributed by atoms with Crippen LogP contribution in [0.1, 0.15) is 241 Å². The molecule has 1 aliphatic heterocycles. The van der Waals surface area contributed by atoms with Crippen molar-refractivity contribution in [1.29, 1.82) is 0 Å². The Balaban J connectivity index is 0.000000241. The lowest BCUT2D eigenvalue weighted by atomic mass is 9.96. The lowest BCUT2D eigenvalue weighted by Gasteiger charge is -2.15. The highest BCUT2D eigenvalue weighted by Crippen LogP contribution is 2.27. The zero-order valence-electron chi connectivity index (χ0n) is 71.2. The van der Waals surface area contributed by atoms with Crippen LogP contribution in [0.2, 0.25) is 0 Å². The van der Waals surface area contributed by atoms with E-state index in [-0.39, 0.29) is 23.6 Å². The number of pyridine rings is 4. The lowest BCUT2D eigenvalue weighted by Crippen LogP contribution is -2.51. The van der Waals surface area contributed by atoms with E-state index >= 15 is 0 Å². The molecular formula is C94H130N9O10S+7. The smallest absolute Gasteiger partial charge is 0.324 e. The van der Waals surface area contributed by atoms with Crippen LogP contribution in [0.25, 0.3) is 11.0 Å². The van der Waals surface area contributed by atoms with Crippen LogP contribution in [0.15, 0.2) is 248 Å². The van der Waals surface area contributed by atoms with Gasteiger partial charge in [0, 0.05) is 132 Å². The Hall–Kier alpha value is -10.6. The summed E-state index contributed by atoms with van der Waals surface area (Å²) in [6, 6.07) is 56.3. The van der Waals surface area contributed by atoms with Crippen molar-refractivity contribution in [3.05, 3.63) is 277 Å². The average molecular weight is 1580 g/mol. The fourth-order valence-electron chi connectivity index (χ4n) is 11.1. The van der Waals surface area contributed by atoms with Crippen molar-refractivity contribution >= 4 is 40.6 Å². The van der Waals surface area contributed by atoms with Crippen LogP contribution in [0.3, 0.4) is 0 Å². The third-order valence-electron chi connectivity index (χ3n) is 17.6. The van der Waals surface area contributed by atoms with Gasteiger partial charge in [-0.05, 0) is 122 Å². The number of carbonyl (C=O) groups excluding carboxylic acids is 2. The number of carbonyl (C=O) groups is 2. The Kier molecular flexibility index (Phi) is 44.7. The molecule has 6 aromatic heterocycles. The SMILES string of the molecule is CC(C)O[n+]1ccc(Sc2ccccc2)cc1.CCCCC(CC)CO[n+]1ccnc2ccccc21.CCCCCCO[n+]1c(C(C)C)cc(C(C)C)cc1C(C)C.CCCO[n+]1ccc(Oc2ccccc2)cc1.CO[N+]1=CC=CC1.CO[n+]1c(C(C)=O)cc(C(C)C)cc1C(C)=O.c1ccc(CCO[n+]2cccnc2)cc1. The summed E-state index contributed by atoms with van der Waals surface area (Å²) in [4.78, 5) is 72.3. The molecule has 0 saturated carbocycles. The number of aromatic nitrogens is 8. The van der Waals surface area contributed by atoms with Gasteiger partial charge >= 0.3 is 17.7 Å². The highest BCUT2D eigenvalue weighted by atomic mass is 32.2. The first-order chi connectivity index (χ1) is 55.1. The Morgan fingerprint density at radius 1 is 0.500 bits per heavy atom. The van der Waals surface area contributed by atoms with Gasteiger partial charge in [0.15, 0.2) is 25.9 Å². The summed E-state index contributed by atoms with van der Waals surface area (Å²) >= 11 is 1.75. The number of para-hydroxylation sites is 3. The first-order valence-corrected chi connectivity index (χ1v) is 41.3. The van der Waals surface area contributed by atoms with Crippen molar-refractivity contribution in [3.63, 3.8) is 0 Å². The molecule has 20 heteroatoms. The number of Topliss-reactive ketones (excluding diaryl/α,β-unsaturated/α-hetero) is 2. The van der Waals surface area contributed by atoms with E-state index < -0.39 is 0 Å². The van der Waals surface area contributed by atoms with E-state index in [1.807, 2.05) is 197 Å². The summed E-state index contributed by atoms with van der Waals surface area (Å²) < 4.78 is 17.7. The second-order valence-corrected chi connectivity index (χ2v) is 29.8. The van der Waals surface area contributed by atoms with Crippen molar-refractivity contribution in [2.75, 3.05) is 47.2 Å². The van der Waals surface area contributed by atoms with Gasteiger partial charge in [-0.2, -0.15) is 0 Å². The van der Waals surface area contributed by atoms with Crippen molar-refractivity contribution < 1.29 is 81.3 Å². The van der Waals surface area contributed by atoms with E-state index in [9.17, 15) is 9.59 Å². The molecule has 19 nitrogen and oxygen atoms in total. The highest BCUT2D eigenvalue weighted by Gasteiger charge is 2.29. The number of benzene rings is 4. The number of rotatable bonds is 34. The first-order valence-electron chi connectivity index (χ1n) is 40.5. The fourth-order valence-corrected chi connectivity index (χ4v) is 11.9. The van der Waals surface area contributed by atoms with Gasteiger partial charge in [0.05, 0.1) is 6.20 Å². The van der Waals surface area contributed by atoms with E-state index in [1.165, 1.54) is 103 Å². The molecule has 610 valence electrons. The molecule has 0 N–H and O–H groups in total. The van der Waals surface area contributed by atoms with E-state index in [2.05, 4.69) is 132 Å². The monoisotopic (exact) mass is 1580 g/mol. The normalized spacial score (nSPS) is 11.3. The van der Waals surface area contributed by atoms with Gasteiger partial charge in [-0.1, -0.05) is 209 Å². The number of ether oxygens (including phenoxy) is 1. The number of hydrogen-bond acceptors (Lipinski definition) is 13. The van der Waals surface area contributed by atoms with E-state index in [1.54, 1.807) is 68.7 Å². The molecule has 1 unspecified atom stereocenters. The lowest BCUT2D eigenvalue weighted by molar-refractivity contribution is -0.902. The zero-order chi connectivity index (χ0) is 82.8. The standard InChI is InChI=1S/C20H36NO.C16H23N2O.C14H16NO2.C14H16NOS.C13H18NO3.C12H13N2O.C5H8NO/c1-8-9-10-11-12-22-21-19(16(4)5)13-18(15(2)3)14-20(21)17(6)7;1-3-5-8-14(4-2)13-19-18-12-11-17-15-9-6-7-10-16(15)18;1-2-12-16-15-10-8-14(9-11-15)17-13-6-4-3-5-7-13;1-12(2)16-15-10-8-14(9-11-15)17-13-6-4-3-5-7-13;1-8(2)11-6-12(9(3)15)14(17-5)13(7-11)10(4)16;1-2-5-12(6-3-1)7-10-15-14-9-4-8-13-11-14;1-7-6-4-2-3-5-6/h13-17H,8-12H2,1-7H3;6-7,9-12,14H,3-5,8,13H2,1-2H3;3-11H,2,12H2,1H3;3-12H,1-2H3;6-8H,1-5H3;1-6,8-9,11H,7,10H2;2-4H,5H2,1H3/q7*+1. The van der Waals surface area contributed by atoms with Gasteiger partial charge in [0.1, 0.15) is 50.2 Å². The topological polar surface area (TPSA) is 160 Å². The summed E-state index contributed by atoms with van der Waals surface area (Å²) in [5.41, 5.74) is 9.01. The fraction of sp³-hybridized carbons (Fsp3) is 0.415. The van der Waals surface area contributed by atoms with Gasteiger partial charge in [0.2, 0.25) is 66.7 Å². The van der Waals surface area contributed by atoms with Gasteiger partial charge in [-0.3, -0.25) is 38.6 Å². The van der Waals surface area contributed by atoms with Crippen LogP contribution < -0.4 is 62.1 Å². The number of fused-ring (bicyclic) bond motifs is 1. The largest absolute Gasteiger partial charge is 0.457 e. The number of allylic oxidation sites excluding steroid dienone is 1. The Morgan fingerprint density at radius 2 is 1.07 bits per heavy atom. The van der Waals surface area contributed by atoms with Crippen molar-refractivity contribution in [2.24, 2.45) is 5.92 Å².